The van der Waals surface area contributed by atoms with E-state index in [0.717, 1.165) is 53.6 Å². The highest BCUT2D eigenvalue weighted by Gasteiger charge is 2.21. The van der Waals surface area contributed by atoms with E-state index in [4.69, 9.17) is 0 Å². The summed E-state index contributed by atoms with van der Waals surface area (Å²) in [5.74, 6) is 1.02. The zero-order valence-electron chi connectivity index (χ0n) is 16.9. The quantitative estimate of drug-likeness (QED) is 0.500. The highest BCUT2D eigenvalue weighted by Crippen LogP contribution is 2.23. The van der Waals surface area contributed by atoms with Crippen LogP contribution in [0.4, 0.5) is 20.3 Å². The van der Waals surface area contributed by atoms with E-state index in [1.807, 2.05) is 35.7 Å². The first kappa shape index (κ1) is 19.4. The molecular weight excluding hydrogens is 404 g/mol. The van der Waals surface area contributed by atoms with Crippen LogP contribution in [0.3, 0.4) is 0 Å². The summed E-state index contributed by atoms with van der Waals surface area (Å²) in [7, 11) is 0. The van der Waals surface area contributed by atoms with Crippen LogP contribution >= 0.6 is 0 Å². The van der Waals surface area contributed by atoms with Crippen molar-refractivity contribution in [1.82, 2.24) is 24.1 Å². The van der Waals surface area contributed by atoms with E-state index < -0.39 is 18.5 Å². The minimum atomic E-state index is -2.60. The van der Waals surface area contributed by atoms with Crippen LogP contribution in [-0.2, 0) is 6.54 Å². The lowest BCUT2D eigenvalue weighted by molar-refractivity contribution is 0.125. The van der Waals surface area contributed by atoms with Crippen LogP contribution in [0.5, 0.6) is 0 Å². The number of nitrogens with zero attached hydrogens (tertiary/aromatic N) is 7. The number of anilines is 2. The summed E-state index contributed by atoms with van der Waals surface area (Å²) in [5, 5.41) is 4.74. The van der Waals surface area contributed by atoms with Gasteiger partial charge in [-0.25, -0.2) is 18.7 Å². The van der Waals surface area contributed by atoms with Crippen LogP contribution in [0.1, 0.15) is 5.69 Å². The average Bonchev–Trinajstić information content (AvgIpc) is 3.23. The molecular formula is C21H21F2N7O. The molecule has 1 aliphatic heterocycles. The Morgan fingerprint density at radius 1 is 1.06 bits per heavy atom. The van der Waals surface area contributed by atoms with Crippen molar-refractivity contribution in [2.75, 3.05) is 36.0 Å². The third-order valence-corrected chi connectivity index (χ3v) is 5.58. The lowest BCUT2D eigenvalue weighted by Crippen LogP contribution is -2.47. The summed E-state index contributed by atoms with van der Waals surface area (Å²) in [5.41, 5.74) is 2.80. The second-order valence-corrected chi connectivity index (χ2v) is 7.63. The van der Waals surface area contributed by atoms with Crippen molar-refractivity contribution in [3.05, 3.63) is 58.9 Å². The van der Waals surface area contributed by atoms with Gasteiger partial charge in [-0.2, -0.15) is 9.61 Å². The molecule has 0 aliphatic carbocycles. The minimum absolute atomic E-state index is 0.346. The first-order valence-electron chi connectivity index (χ1n) is 10.1. The fraction of sp³-hybridized carbons (Fsp3) is 0.333. The summed E-state index contributed by atoms with van der Waals surface area (Å²) >= 11 is 0. The zero-order chi connectivity index (χ0) is 21.5. The molecule has 31 heavy (non-hydrogen) atoms. The normalized spacial score (nSPS) is 14.8. The van der Waals surface area contributed by atoms with Gasteiger partial charge in [-0.1, -0.05) is 0 Å². The van der Waals surface area contributed by atoms with Gasteiger partial charge in [0.25, 0.3) is 12.0 Å². The number of benzene rings is 1. The Morgan fingerprint density at radius 2 is 1.84 bits per heavy atom. The van der Waals surface area contributed by atoms with Crippen molar-refractivity contribution in [1.29, 1.82) is 0 Å². The van der Waals surface area contributed by atoms with E-state index in [-0.39, 0.29) is 0 Å². The van der Waals surface area contributed by atoms with Crippen molar-refractivity contribution < 1.29 is 8.78 Å². The summed E-state index contributed by atoms with van der Waals surface area (Å²) in [6.07, 6.45) is 0.345. The largest absolute Gasteiger partial charge is 0.368 e. The van der Waals surface area contributed by atoms with Crippen molar-refractivity contribution in [2.45, 2.75) is 19.9 Å². The predicted molar refractivity (Wildman–Crippen MR) is 114 cm³/mol. The molecule has 0 N–H and O–H groups in total. The van der Waals surface area contributed by atoms with Gasteiger partial charge in [0.05, 0.1) is 30.0 Å². The molecule has 0 radical (unpaired) electrons. The Hall–Kier alpha value is -3.56. The molecule has 4 heterocycles. The first-order chi connectivity index (χ1) is 15.0. The van der Waals surface area contributed by atoms with E-state index in [9.17, 15) is 13.6 Å². The summed E-state index contributed by atoms with van der Waals surface area (Å²) in [4.78, 5) is 25.7. The van der Waals surface area contributed by atoms with Crippen LogP contribution < -0.4 is 15.4 Å². The second kappa shape index (κ2) is 7.60. The van der Waals surface area contributed by atoms with Gasteiger partial charge < -0.3 is 9.80 Å². The van der Waals surface area contributed by atoms with E-state index >= 15 is 0 Å². The molecule has 1 aliphatic rings. The Bertz CT molecular complexity index is 1310. The predicted octanol–water partition coefficient (Wildman–Crippen LogP) is 2.34. The van der Waals surface area contributed by atoms with Gasteiger partial charge in [0.15, 0.2) is 5.65 Å². The molecule has 1 fully saturated rings. The fourth-order valence-electron chi connectivity index (χ4n) is 4.06. The zero-order valence-corrected chi connectivity index (χ0v) is 16.9. The van der Waals surface area contributed by atoms with Gasteiger partial charge in [0.2, 0.25) is 0 Å². The monoisotopic (exact) mass is 425 g/mol. The maximum Gasteiger partial charge on any atom is 0.261 e. The Balaban J connectivity index is 1.36. The van der Waals surface area contributed by atoms with E-state index in [2.05, 4.69) is 24.9 Å². The lowest BCUT2D eigenvalue weighted by Gasteiger charge is -2.37. The molecule has 0 amide bonds. The van der Waals surface area contributed by atoms with Crippen LogP contribution in [0.2, 0.25) is 0 Å². The number of piperazine rings is 1. The molecule has 8 nitrogen and oxygen atoms in total. The van der Waals surface area contributed by atoms with Gasteiger partial charge in [0.1, 0.15) is 5.82 Å². The molecule has 10 heteroatoms. The molecule has 0 unspecified atom stereocenters. The number of hydrogen-bond acceptors (Lipinski definition) is 6. The highest BCUT2D eigenvalue weighted by atomic mass is 19.3. The van der Waals surface area contributed by atoms with Gasteiger partial charge in [-0.15, -0.1) is 0 Å². The van der Waals surface area contributed by atoms with Crippen molar-refractivity contribution in [2.24, 2.45) is 0 Å². The standard InChI is InChI=1S/C21H21F2N7O/c1-14-10-20(30-19(26-14)4-5-25-30)28-8-6-27(7-9-28)15-2-3-16-17(11-15)24-13-29(21(16)31)12-18(22)23/h2-5,10-11,13,18H,6-9,12H2,1H3. The number of fused-ring (bicyclic) bond motifs is 2. The Kier molecular flexibility index (Phi) is 4.76. The number of hydrogen-bond donors (Lipinski definition) is 0. The summed E-state index contributed by atoms with van der Waals surface area (Å²) < 4.78 is 28.1. The third kappa shape index (κ3) is 3.58. The van der Waals surface area contributed by atoms with E-state index in [0.29, 0.717) is 10.9 Å². The number of halogens is 2. The summed E-state index contributed by atoms with van der Waals surface area (Å²) in [6, 6.07) is 9.31. The third-order valence-electron chi connectivity index (χ3n) is 5.58. The van der Waals surface area contributed by atoms with Crippen molar-refractivity contribution >= 4 is 28.1 Å². The molecule has 1 saturated heterocycles. The molecule has 160 valence electrons. The average molecular weight is 425 g/mol. The molecule has 0 spiro atoms. The molecule has 0 saturated carbocycles. The minimum Gasteiger partial charge on any atom is -0.368 e. The number of aryl methyl sites for hydroxylation is 1. The van der Waals surface area contributed by atoms with Crippen LogP contribution in [0.25, 0.3) is 16.6 Å². The molecule has 4 aromatic rings. The molecule has 5 rings (SSSR count). The molecule has 0 bridgehead atoms. The molecule has 1 aromatic carbocycles. The van der Waals surface area contributed by atoms with Gasteiger partial charge in [-0.05, 0) is 25.1 Å². The summed E-state index contributed by atoms with van der Waals surface area (Å²) in [6.45, 7) is 4.52. The smallest absolute Gasteiger partial charge is 0.261 e. The number of rotatable bonds is 4. The second-order valence-electron chi connectivity index (χ2n) is 7.63. The molecule has 0 atom stereocenters. The number of aromatic nitrogens is 5. The topological polar surface area (TPSA) is 71.6 Å². The fourth-order valence-corrected chi connectivity index (χ4v) is 4.06. The van der Waals surface area contributed by atoms with Crippen LogP contribution in [0, 0.1) is 6.92 Å². The van der Waals surface area contributed by atoms with Gasteiger partial charge in [-0.3, -0.25) is 9.36 Å². The van der Waals surface area contributed by atoms with Gasteiger partial charge in [0, 0.05) is 49.7 Å². The lowest BCUT2D eigenvalue weighted by atomic mass is 10.2. The van der Waals surface area contributed by atoms with Crippen molar-refractivity contribution in [3.63, 3.8) is 0 Å². The highest BCUT2D eigenvalue weighted by molar-refractivity contribution is 5.81. The van der Waals surface area contributed by atoms with E-state index in [1.54, 1.807) is 12.3 Å². The maximum absolute atomic E-state index is 12.6. The van der Waals surface area contributed by atoms with Crippen LogP contribution in [-0.4, -0.2) is 56.8 Å². The molecule has 3 aromatic heterocycles. The SMILES string of the molecule is Cc1cc(N2CCN(c3ccc4c(=O)n(CC(F)F)cnc4c3)CC2)n2nccc2n1. The maximum atomic E-state index is 12.6. The first-order valence-corrected chi connectivity index (χ1v) is 10.1. The Morgan fingerprint density at radius 3 is 2.61 bits per heavy atom. The Labute approximate surface area is 176 Å². The van der Waals surface area contributed by atoms with E-state index in [1.165, 1.54) is 6.33 Å². The number of alkyl halides is 2. The van der Waals surface area contributed by atoms with Gasteiger partial charge >= 0.3 is 0 Å². The van der Waals surface area contributed by atoms with Crippen molar-refractivity contribution in [3.8, 4) is 0 Å². The van der Waals surface area contributed by atoms with Crippen LogP contribution in [0.15, 0.2) is 47.7 Å².